The standard InChI is InChI=1S/C20H18ClN3O3/c21-14-3-1-13(2-4-14)19-22-18-5-6-24(11-17(18)20(27)23-19)10-12-7-15(25)9-16(26)8-12/h1-4,7-9,25-26H,5-6,10-11H2,(H,22,23,27). The van der Waals surface area contributed by atoms with Crippen LogP contribution in [0.25, 0.3) is 11.4 Å². The lowest BCUT2D eigenvalue weighted by Gasteiger charge is -2.27. The number of hydrogen-bond donors (Lipinski definition) is 3. The third-order valence-electron chi connectivity index (χ3n) is 4.63. The average Bonchev–Trinajstić information content (AvgIpc) is 2.62. The fraction of sp³-hybridized carbons (Fsp3) is 0.200. The minimum absolute atomic E-state index is 0.0227. The summed E-state index contributed by atoms with van der Waals surface area (Å²) in [6, 6.07) is 11.7. The quantitative estimate of drug-likeness (QED) is 0.646. The third-order valence-corrected chi connectivity index (χ3v) is 4.89. The van der Waals surface area contributed by atoms with Crippen LogP contribution in [0.15, 0.2) is 47.3 Å². The average molecular weight is 384 g/mol. The molecule has 7 heteroatoms. The van der Waals surface area contributed by atoms with E-state index in [9.17, 15) is 15.0 Å². The molecule has 0 fully saturated rings. The first-order chi connectivity index (χ1) is 13.0. The SMILES string of the molecule is O=c1[nH]c(-c2ccc(Cl)cc2)nc2c1CN(Cc1cc(O)cc(O)c1)CC2. The zero-order valence-corrected chi connectivity index (χ0v) is 15.2. The maximum absolute atomic E-state index is 12.6. The minimum Gasteiger partial charge on any atom is -0.508 e. The van der Waals surface area contributed by atoms with Gasteiger partial charge in [-0.05, 0) is 42.0 Å². The van der Waals surface area contributed by atoms with E-state index in [0.717, 1.165) is 23.4 Å². The molecule has 0 unspecified atom stereocenters. The molecule has 0 amide bonds. The van der Waals surface area contributed by atoms with Gasteiger partial charge in [0.1, 0.15) is 17.3 Å². The van der Waals surface area contributed by atoms with Gasteiger partial charge >= 0.3 is 0 Å². The Balaban J connectivity index is 1.58. The Hall–Kier alpha value is -2.83. The second-order valence-electron chi connectivity index (χ2n) is 6.66. The molecule has 3 aromatic rings. The lowest BCUT2D eigenvalue weighted by atomic mass is 10.1. The van der Waals surface area contributed by atoms with Gasteiger partial charge in [0.05, 0.1) is 11.3 Å². The van der Waals surface area contributed by atoms with E-state index in [2.05, 4.69) is 14.9 Å². The normalized spacial score (nSPS) is 14.1. The molecule has 0 spiro atoms. The van der Waals surface area contributed by atoms with Crippen LogP contribution in [0.3, 0.4) is 0 Å². The molecule has 0 atom stereocenters. The summed E-state index contributed by atoms with van der Waals surface area (Å²) in [5.74, 6) is 0.589. The highest BCUT2D eigenvalue weighted by Gasteiger charge is 2.22. The number of H-pyrrole nitrogens is 1. The van der Waals surface area contributed by atoms with Crippen molar-refractivity contribution in [2.24, 2.45) is 0 Å². The molecule has 3 N–H and O–H groups in total. The summed E-state index contributed by atoms with van der Waals surface area (Å²) in [5, 5.41) is 19.9. The van der Waals surface area contributed by atoms with Crippen molar-refractivity contribution in [1.29, 1.82) is 0 Å². The third kappa shape index (κ3) is 3.82. The van der Waals surface area contributed by atoms with Gasteiger partial charge in [-0.15, -0.1) is 0 Å². The van der Waals surface area contributed by atoms with Crippen LogP contribution < -0.4 is 5.56 Å². The molecule has 0 bridgehead atoms. The predicted molar refractivity (Wildman–Crippen MR) is 103 cm³/mol. The number of benzene rings is 2. The predicted octanol–water partition coefficient (Wildman–Crippen LogP) is 3.06. The molecule has 2 heterocycles. The number of nitrogens with zero attached hydrogens (tertiary/aromatic N) is 2. The van der Waals surface area contributed by atoms with Gasteiger partial charge in [-0.2, -0.15) is 0 Å². The van der Waals surface area contributed by atoms with Gasteiger partial charge in [0.2, 0.25) is 0 Å². The Morgan fingerprint density at radius 2 is 1.81 bits per heavy atom. The molecule has 1 aliphatic heterocycles. The van der Waals surface area contributed by atoms with Gasteiger partial charge in [0.15, 0.2) is 0 Å². The molecule has 1 aliphatic rings. The molecular formula is C20H18ClN3O3. The van der Waals surface area contributed by atoms with E-state index in [1.165, 1.54) is 6.07 Å². The first-order valence-corrected chi connectivity index (χ1v) is 8.98. The topological polar surface area (TPSA) is 89.5 Å². The molecule has 27 heavy (non-hydrogen) atoms. The molecule has 0 radical (unpaired) electrons. The molecule has 4 rings (SSSR count). The monoisotopic (exact) mass is 383 g/mol. The van der Waals surface area contributed by atoms with Crippen LogP contribution in [0.4, 0.5) is 0 Å². The molecule has 2 aromatic carbocycles. The number of aromatic nitrogens is 2. The lowest BCUT2D eigenvalue weighted by molar-refractivity contribution is 0.241. The van der Waals surface area contributed by atoms with Crippen LogP contribution in [-0.2, 0) is 19.5 Å². The maximum atomic E-state index is 12.6. The Labute approximate surface area is 160 Å². The van der Waals surface area contributed by atoms with Gasteiger partial charge < -0.3 is 15.2 Å². The highest BCUT2D eigenvalue weighted by Crippen LogP contribution is 2.24. The van der Waals surface area contributed by atoms with E-state index in [-0.39, 0.29) is 17.1 Å². The molecule has 1 aromatic heterocycles. The van der Waals surface area contributed by atoms with Gasteiger partial charge in [0.25, 0.3) is 5.56 Å². The van der Waals surface area contributed by atoms with E-state index in [4.69, 9.17) is 11.6 Å². The highest BCUT2D eigenvalue weighted by atomic mass is 35.5. The van der Waals surface area contributed by atoms with Gasteiger partial charge in [-0.3, -0.25) is 9.69 Å². The summed E-state index contributed by atoms with van der Waals surface area (Å²) in [6.07, 6.45) is 0.657. The van der Waals surface area contributed by atoms with E-state index in [1.807, 2.05) is 12.1 Å². The fourth-order valence-electron chi connectivity index (χ4n) is 3.37. The number of fused-ring (bicyclic) bond motifs is 1. The van der Waals surface area contributed by atoms with Crippen LogP contribution in [0.2, 0.25) is 5.02 Å². The molecule has 138 valence electrons. The highest BCUT2D eigenvalue weighted by molar-refractivity contribution is 6.30. The van der Waals surface area contributed by atoms with E-state index in [0.29, 0.717) is 35.9 Å². The Morgan fingerprint density at radius 1 is 1.11 bits per heavy atom. The van der Waals surface area contributed by atoms with Crippen LogP contribution >= 0.6 is 11.6 Å². The molecule has 0 saturated carbocycles. The van der Waals surface area contributed by atoms with Crippen LogP contribution in [0, 0.1) is 0 Å². The molecular weight excluding hydrogens is 366 g/mol. The lowest BCUT2D eigenvalue weighted by Crippen LogP contribution is -2.35. The number of phenolic OH excluding ortho intramolecular Hbond substituents is 2. The van der Waals surface area contributed by atoms with Crippen molar-refractivity contribution in [3.8, 4) is 22.9 Å². The second-order valence-corrected chi connectivity index (χ2v) is 7.10. The Kier molecular flexibility index (Phi) is 4.59. The summed E-state index contributed by atoms with van der Waals surface area (Å²) in [5.41, 5.74) is 2.92. The van der Waals surface area contributed by atoms with Crippen molar-refractivity contribution in [3.05, 3.63) is 74.7 Å². The van der Waals surface area contributed by atoms with Crippen molar-refractivity contribution in [2.45, 2.75) is 19.5 Å². The zero-order chi connectivity index (χ0) is 19.0. The maximum Gasteiger partial charge on any atom is 0.255 e. The number of halogens is 1. The fourth-order valence-corrected chi connectivity index (χ4v) is 3.49. The van der Waals surface area contributed by atoms with Crippen molar-refractivity contribution in [2.75, 3.05) is 6.54 Å². The largest absolute Gasteiger partial charge is 0.508 e. The first kappa shape index (κ1) is 17.6. The van der Waals surface area contributed by atoms with Crippen molar-refractivity contribution < 1.29 is 10.2 Å². The van der Waals surface area contributed by atoms with Crippen molar-refractivity contribution >= 4 is 11.6 Å². The van der Waals surface area contributed by atoms with Gasteiger partial charge in [0, 0.05) is 42.7 Å². The Morgan fingerprint density at radius 3 is 2.52 bits per heavy atom. The molecule has 6 nitrogen and oxygen atoms in total. The van der Waals surface area contributed by atoms with Crippen LogP contribution in [0.5, 0.6) is 11.5 Å². The number of nitrogens with one attached hydrogen (secondary N) is 1. The number of hydrogen-bond acceptors (Lipinski definition) is 5. The van der Waals surface area contributed by atoms with Crippen molar-refractivity contribution in [1.82, 2.24) is 14.9 Å². The van der Waals surface area contributed by atoms with E-state index in [1.54, 1.807) is 24.3 Å². The summed E-state index contributed by atoms with van der Waals surface area (Å²) < 4.78 is 0. The first-order valence-electron chi connectivity index (χ1n) is 8.60. The smallest absolute Gasteiger partial charge is 0.255 e. The molecule has 0 aliphatic carbocycles. The van der Waals surface area contributed by atoms with Gasteiger partial charge in [-0.25, -0.2) is 4.98 Å². The number of aromatic amines is 1. The number of phenols is 2. The summed E-state index contributed by atoms with van der Waals surface area (Å²) in [4.78, 5) is 22.2. The summed E-state index contributed by atoms with van der Waals surface area (Å²) in [7, 11) is 0. The van der Waals surface area contributed by atoms with Crippen LogP contribution in [-0.4, -0.2) is 31.6 Å². The minimum atomic E-state index is -0.145. The summed E-state index contributed by atoms with van der Waals surface area (Å²) in [6.45, 7) is 1.73. The second kappa shape index (κ2) is 7.06. The van der Waals surface area contributed by atoms with E-state index < -0.39 is 0 Å². The van der Waals surface area contributed by atoms with Gasteiger partial charge in [-0.1, -0.05) is 11.6 Å². The molecule has 0 saturated heterocycles. The number of rotatable bonds is 3. The Bertz CT molecular complexity index is 1030. The zero-order valence-electron chi connectivity index (χ0n) is 14.4. The summed E-state index contributed by atoms with van der Waals surface area (Å²) >= 11 is 5.92. The van der Waals surface area contributed by atoms with Crippen LogP contribution in [0.1, 0.15) is 16.8 Å². The number of aromatic hydroxyl groups is 2. The van der Waals surface area contributed by atoms with Crippen molar-refractivity contribution in [3.63, 3.8) is 0 Å². The van der Waals surface area contributed by atoms with E-state index >= 15 is 0 Å².